The van der Waals surface area contributed by atoms with Crippen molar-refractivity contribution < 1.29 is 14.3 Å². The first-order valence-electron chi connectivity index (χ1n) is 23.4. The van der Waals surface area contributed by atoms with Gasteiger partial charge in [0.1, 0.15) is 5.78 Å². The lowest BCUT2D eigenvalue weighted by molar-refractivity contribution is -0.193. The van der Waals surface area contributed by atoms with E-state index in [-0.39, 0.29) is 18.0 Å². The molecule has 0 aromatic carbocycles. The number of ketones is 1. The fraction of sp³-hybridized carbons (Fsp3) is 0.857. The van der Waals surface area contributed by atoms with Crippen molar-refractivity contribution in [2.45, 2.75) is 244 Å². The van der Waals surface area contributed by atoms with Crippen LogP contribution in [0, 0.1) is 5.92 Å². The fourth-order valence-corrected chi connectivity index (χ4v) is 8.45. The molecule has 0 radical (unpaired) electrons. The molecule has 2 unspecified atom stereocenters. The van der Waals surface area contributed by atoms with Gasteiger partial charge in [0.2, 0.25) is 0 Å². The Labute approximate surface area is 330 Å². The lowest BCUT2D eigenvalue weighted by atomic mass is 9.97. The maximum absolute atomic E-state index is 12.7. The number of unbranched alkanes of at least 4 members (excludes halogenated alkanes) is 21. The summed E-state index contributed by atoms with van der Waals surface area (Å²) < 4.78 is 13.8. The Balaban J connectivity index is 1.64. The summed E-state index contributed by atoms with van der Waals surface area (Å²) >= 11 is 0. The molecular weight excluding hydrogens is 651 g/mol. The van der Waals surface area contributed by atoms with E-state index in [0.29, 0.717) is 24.5 Å². The predicted octanol–water partition coefficient (Wildman–Crippen LogP) is 14.8. The van der Waals surface area contributed by atoms with Gasteiger partial charge in [-0.3, -0.25) is 4.79 Å². The molecule has 2 aliphatic rings. The van der Waals surface area contributed by atoms with Crippen LogP contribution in [0.4, 0.5) is 0 Å². The van der Waals surface area contributed by atoms with Gasteiger partial charge in [-0.15, -0.1) is 0 Å². The number of hydrogen-bond acceptors (Lipinski definition) is 4. The third-order valence-electron chi connectivity index (χ3n) is 11.7. The molecule has 0 aromatic rings. The molecule has 0 spiro atoms. The molecule has 53 heavy (non-hydrogen) atoms. The largest absolute Gasteiger partial charge is 0.344 e. The number of rotatable bonds is 37. The van der Waals surface area contributed by atoms with Gasteiger partial charge in [0.25, 0.3) is 0 Å². The van der Waals surface area contributed by atoms with Crippen LogP contribution < -0.4 is 0 Å². The van der Waals surface area contributed by atoms with Crippen molar-refractivity contribution >= 4 is 5.78 Å². The standard InChI is InChI=1S/C49H89NO3/c1-5-7-9-11-13-15-17-19-21-23-25-27-29-31-33-35-39-49(40-36-34-32-30-28-26-24-22-20-18-16-14-12-10-8-6-2)52-47-43-45(44-48(47)53-49)42-46(51)38-37-41-50(3)4/h13,15,19-22,45,47-48H,5-12,14,16-18,23-44H2,1-4H3/b15-13-,21-19-,22-20-/t45?,47-,48+,49?. The average molecular weight is 740 g/mol. The number of hydrogen-bond donors (Lipinski definition) is 0. The zero-order chi connectivity index (χ0) is 38.1. The van der Waals surface area contributed by atoms with Gasteiger partial charge in [-0.2, -0.15) is 0 Å². The number of fused-ring (bicyclic) bond motifs is 1. The third-order valence-corrected chi connectivity index (χ3v) is 11.7. The summed E-state index contributed by atoms with van der Waals surface area (Å²) in [5.41, 5.74) is 0. The Morgan fingerprint density at radius 3 is 1.42 bits per heavy atom. The van der Waals surface area contributed by atoms with Crippen LogP contribution in [0.3, 0.4) is 0 Å². The zero-order valence-electron chi connectivity index (χ0n) is 35.9. The second-order valence-corrected chi connectivity index (χ2v) is 17.2. The molecule has 0 amide bonds. The first-order chi connectivity index (χ1) is 26.0. The van der Waals surface area contributed by atoms with E-state index in [1.54, 1.807) is 0 Å². The zero-order valence-corrected chi connectivity index (χ0v) is 35.9. The van der Waals surface area contributed by atoms with Gasteiger partial charge >= 0.3 is 0 Å². The Morgan fingerprint density at radius 1 is 0.547 bits per heavy atom. The van der Waals surface area contributed by atoms with E-state index in [1.165, 1.54) is 161 Å². The number of allylic oxidation sites excluding steroid dienone is 6. The van der Waals surface area contributed by atoms with Crippen molar-refractivity contribution in [3.05, 3.63) is 36.5 Å². The molecule has 1 aliphatic carbocycles. The van der Waals surface area contributed by atoms with Crippen LogP contribution >= 0.6 is 0 Å². The molecule has 4 heteroatoms. The summed E-state index contributed by atoms with van der Waals surface area (Å²) in [4.78, 5) is 14.8. The molecule has 0 aromatic heterocycles. The SMILES string of the molecule is CCCCC/C=C\C/C=C\CCCCCCCCC1(CCCCCCCC/C=C\CCCCCCCC)O[C@H]2CC(CC(=O)CCCN(C)C)C[C@H]2O1. The Hall–Kier alpha value is -1.23. The molecule has 1 heterocycles. The molecule has 1 aliphatic heterocycles. The van der Waals surface area contributed by atoms with Crippen molar-refractivity contribution in [3.63, 3.8) is 0 Å². The van der Waals surface area contributed by atoms with Crippen molar-refractivity contribution in [1.82, 2.24) is 4.90 Å². The van der Waals surface area contributed by atoms with Crippen LogP contribution in [-0.4, -0.2) is 49.3 Å². The van der Waals surface area contributed by atoms with Crippen LogP contribution in [0.5, 0.6) is 0 Å². The predicted molar refractivity (Wildman–Crippen MR) is 231 cm³/mol. The highest BCUT2D eigenvalue weighted by atomic mass is 16.8. The molecule has 4 atom stereocenters. The summed E-state index contributed by atoms with van der Waals surface area (Å²) in [6, 6.07) is 0. The van der Waals surface area contributed by atoms with E-state index in [9.17, 15) is 4.79 Å². The number of ether oxygens (including phenoxy) is 2. The lowest BCUT2D eigenvalue weighted by Gasteiger charge is -2.30. The molecule has 308 valence electrons. The maximum atomic E-state index is 12.7. The molecule has 0 N–H and O–H groups in total. The number of carbonyl (C=O) groups is 1. The van der Waals surface area contributed by atoms with Crippen LogP contribution in [0.2, 0.25) is 0 Å². The maximum Gasteiger partial charge on any atom is 0.169 e. The van der Waals surface area contributed by atoms with Gasteiger partial charge in [-0.05, 0) is 116 Å². The van der Waals surface area contributed by atoms with E-state index in [4.69, 9.17) is 9.47 Å². The Morgan fingerprint density at radius 2 is 0.943 bits per heavy atom. The van der Waals surface area contributed by atoms with Crippen LogP contribution in [-0.2, 0) is 14.3 Å². The number of nitrogens with zero attached hydrogens (tertiary/aromatic N) is 1. The van der Waals surface area contributed by atoms with Crippen molar-refractivity contribution in [3.8, 4) is 0 Å². The highest BCUT2D eigenvalue weighted by Gasteiger charge is 2.51. The Kier molecular flexibility index (Phi) is 29.8. The van der Waals surface area contributed by atoms with Crippen molar-refractivity contribution in [1.29, 1.82) is 0 Å². The molecule has 2 fully saturated rings. The highest BCUT2D eigenvalue weighted by molar-refractivity contribution is 5.78. The van der Waals surface area contributed by atoms with Crippen LogP contribution in [0.15, 0.2) is 36.5 Å². The van der Waals surface area contributed by atoms with E-state index in [2.05, 4.69) is 69.3 Å². The summed E-state index contributed by atoms with van der Waals surface area (Å²) in [6.07, 6.45) is 55.1. The smallest absolute Gasteiger partial charge is 0.169 e. The van der Waals surface area contributed by atoms with Gasteiger partial charge in [-0.1, -0.05) is 147 Å². The molecule has 2 rings (SSSR count). The molecule has 1 saturated heterocycles. The average Bonchev–Trinajstić information content (AvgIpc) is 3.66. The minimum absolute atomic E-state index is 0.188. The number of carbonyl (C=O) groups excluding carboxylic acids is 1. The van der Waals surface area contributed by atoms with Gasteiger partial charge < -0.3 is 14.4 Å². The third kappa shape index (κ3) is 25.5. The summed E-state index contributed by atoms with van der Waals surface area (Å²) in [5, 5.41) is 0. The molecule has 1 saturated carbocycles. The van der Waals surface area contributed by atoms with Crippen molar-refractivity contribution in [2.24, 2.45) is 5.92 Å². The topological polar surface area (TPSA) is 38.8 Å². The van der Waals surface area contributed by atoms with E-state index >= 15 is 0 Å². The minimum atomic E-state index is -0.383. The van der Waals surface area contributed by atoms with Gasteiger partial charge in [-0.25, -0.2) is 0 Å². The summed E-state index contributed by atoms with van der Waals surface area (Å²) in [5.74, 6) is 0.474. The second-order valence-electron chi connectivity index (χ2n) is 17.2. The first kappa shape index (κ1) is 47.9. The molecule has 4 nitrogen and oxygen atoms in total. The van der Waals surface area contributed by atoms with Crippen molar-refractivity contribution in [2.75, 3.05) is 20.6 Å². The van der Waals surface area contributed by atoms with Crippen LogP contribution in [0.25, 0.3) is 0 Å². The quantitative estimate of drug-likeness (QED) is 0.0470. The van der Waals surface area contributed by atoms with Gasteiger partial charge in [0.05, 0.1) is 12.2 Å². The second kappa shape index (κ2) is 33.0. The van der Waals surface area contributed by atoms with Gasteiger partial charge in [0.15, 0.2) is 5.79 Å². The fourth-order valence-electron chi connectivity index (χ4n) is 8.45. The molecule has 0 bridgehead atoms. The van der Waals surface area contributed by atoms with Crippen LogP contribution in [0.1, 0.15) is 226 Å². The monoisotopic (exact) mass is 740 g/mol. The highest BCUT2D eigenvalue weighted by Crippen LogP contribution is 2.46. The summed E-state index contributed by atoms with van der Waals surface area (Å²) in [7, 11) is 4.16. The minimum Gasteiger partial charge on any atom is -0.344 e. The number of Topliss-reactive ketones (excluding diaryl/α,β-unsaturated/α-hetero) is 1. The van der Waals surface area contributed by atoms with E-state index in [1.807, 2.05) is 0 Å². The van der Waals surface area contributed by atoms with Gasteiger partial charge in [0, 0.05) is 25.7 Å². The Bertz CT molecular complexity index is 924. The summed E-state index contributed by atoms with van der Waals surface area (Å²) in [6.45, 7) is 5.55. The normalized spacial score (nSPS) is 21.7. The molecular formula is C49H89NO3. The first-order valence-corrected chi connectivity index (χ1v) is 23.4. The van der Waals surface area contributed by atoms with E-state index < -0.39 is 0 Å². The van der Waals surface area contributed by atoms with E-state index in [0.717, 1.165) is 45.1 Å². The lowest BCUT2D eigenvalue weighted by Crippen LogP contribution is -2.32.